The Kier molecular flexibility index (Phi) is 4.83. The summed E-state index contributed by atoms with van der Waals surface area (Å²) >= 11 is 0. The molecule has 1 aromatic rings. The van der Waals surface area contributed by atoms with Gasteiger partial charge in [0.1, 0.15) is 24.9 Å². The summed E-state index contributed by atoms with van der Waals surface area (Å²) in [5.41, 5.74) is 1.27. The molecule has 1 aliphatic heterocycles. The van der Waals surface area contributed by atoms with Gasteiger partial charge >= 0.3 is 0 Å². The van der Waals surface area contributed by atoms with Crippen molar-refractivity contribution in [1.29, 1.82) is 0 Å². The first kappa shape index (κ1) is 12.4. The summed E-state index contributed by atoms with van der Waals surface area (Å²) in [6.45, 7) is 5.71. The lowest BCUT2D eigenvalue weighted by Gasteiger charge is -2.11. The monoisotopic (exact) mass is 236 g/mol. The van der Waals surface area contributed by atoms with Crippen molar-refractivity contribution in [2.45, 2.75) is 32.4 Å². The van der Waals surface area contributed by atoms with Crippen LogP contribution in [0.4, 0.5) is 0 Å². The molecule has 1 aromatic carbocycles. The minimum atomic E-state index is 0.453. The minimum Gasteiger partial charge on any atom is -0.493 e. The quantitative estimate of drug-likeness (QED) is 0.808. The highest BCUT2D eigenvalue weighted by Crippen LogP contribution is 2.16. The second kappa shape index (κ2) is 6.62. The molecule has 1 heterocycles. The summed E-state index contributed by atoms with van der Waals surface area (Å²) < 4.78 is 11.2. The predicted octanol–water partition coefficient (Wildman–Crippen LogP) is 1.33. The van der Waals surface area contributed by atoms with E-state index in [1.807, 2.05) is 19.1 Å². The maximum Gasteiger partial charge on any atom is 0.128 e. The van der Waals surface area contributed by atoms with Crippen molar-refractivity contribution in [3.05, 3.63) is 29.8 Å². The Balaban J connectivity index is 1.80. The molecule has 0 unspecified atom stereocenters. The van der Waals surface area contributed by atoms with Crippen molar-refractivity contribution in [3.63, 3.8) is 0 Å². The van der Waals surface area contributed by atoms with E-state index in [-0.39, 0.29) is 0 Å². The largest absolute Gasteiger partial charge is 0.493 e. The fourth-order valence-electron chi connectivity index (χ4n) is 2.22. The Hall–Kier alpha value is -1.06. The van der Waals surface area contributed by atoms with Gasteiger partial charge in [-0.1, -0.05) is 12.1 Å². The summed E-state index contributed by atoms with van der Waals surface area (Å²) in [5, 5.41) is 2.31. The van der Waals surface area contributed by atoms with Crippen LogP contribution in [-0.2, 0) is 11.3 Å². The topological polar surface area (TPSA) is 35.1 Å². The van der Waals surface area contributed by atoms with Gasteiger partial charge in [0.15, 0.2) is 0 Å². The van der Waals surface area contributed by atoms with Crippen LogP contribution in [0.3, 0.4) is 0 Å². The lowest BCUT2D eigenvalue weighted by molar-refractivity contribution is -0.676. The van der Waals surface area contributed by atoms with Crippen LogP contribution in [0.25, 0.3) is 0 Å². The fourth-order valence-corrected chi connectivity index (χ4v) is 2.22. The molecule has 2 N–H and O–H groups in total. The number of quaternary nitrogens is 1. The van der Waals surface area contributed by atoms with E-state index in [0.29, 0.717) is 6.10 Å². The Bertz CT molecular complexity index is 335. The molecule has 0 saturated carbocycles. The van der Waals surface area contributed by atoms with Gasteiger partial charge in [-0.25, -0.2) is 0 Å². The molecule has 3 nitrogen and oxygen atoms in total. The molecule has 0 aliphatic carbocycles. The average molecular weight is 236 g/mol. The molecule has 0 spiro atoms. The van der Waals surface area contributed by atoms with E-state index in [0.717, 1.165) is 32.1 Å². The van der Waals surface area contributed by atoms with Crippen molar-refractivity contribution in [1.82, 2.24) is 0 Å². The van der Waals surface area contributed by atoms with Gasteiger partial charge in [0.2, 0.25) is 0 Å². The van der Waals surface area contributed by atoms with Crippen LogP contribution in [0.2, 0.25) is 0 Å². The SMILES string of the molecule is CCOc1ccccc1C[NH2+]C[C@H]1CCCO1. The van der Waals surface area contributed by atoms with Crippen LogP contribution < -0.4 is 10.1 Å². The number of benzene rings is 1. The van der Waals surface area contributed by atoms with Gasteiger partial charge in [0.05, 0.1) is 6.61 Å². The Morgan fingerprint density at radius 2 is 2.29 bits per heavy atom. The molecular weight excluding hydrogens is 214 g/mol. The molecular formula is C14H22NO2+. The first-order chi connectivity index (χ1) is 8.40. The molecule has 17 heavy (non-hydrogen) atoms. The molecule has 94 valence electrons. The number of ether oxygens (including phenoxy) is 2. The Morgan fingerprint density at radius 1 is 1.41 bits per heavy atom. The normalized spacial score (nSPS) is 19.5. The second-order valence-corrected chi connectivity index (χ2v) is 4.40. The van der Waals surface area contributed by atoms with Crippen LogP contribution in [0, 0.1) is 0 Å². The number of para-hydroxylation sites is 1. The first-order valence-electron chi connectivity index (χ1n) is 6.54. The fraction of sp³-hybridized carbons (Fsp3) is 0.571. The zero-order chi connectivity index (χ0) is 11.9. The van der Waals surface area contributed by atoms with Crippen LogP contribution in [0.15, 0.2) is 24.3 Å². The minimum absolute atomic E-state index is 0.453. The van der Waals surface area contributed by atoms with E-state index in [1.165, 1.54) is 18.4 Å². The zero-order valence-corrected chi connectivity index (χ0v) is 10.5. The van der Waals surface area contributed by atoms with Gasteiger partial charge < -0.3 is 14.8 Å². The third-order valence-corrected chi connectivity index (χ3v) is 3.09. The number of hydrogen-bond acceptors (Lipinski definition) is 2. The highest BCUT2D eigenvalue weighted by Gasteiger charge is 2.17. The van der Waals surface area contributed by atoms with E-state index in [9.17, 15) is 0 Å². The van der Waals surface area contributed by atoms with E-state index >= 15 is 0 Å². The van der Waals surface area contributed by atoms with Crippen LogP contribution in [0.5, 0.6) is 5.75 Å². The average Bonchev–Trinajstić information content (AvgIpc) is 2.85. The molecule has 0 aromatic heterocycles. The molecule has 1 saturated heterocycles. The molecule has 0 radical (unpaired) electrons. The molecule has 2 rings (SSSR count). The molecule has 0 bridgehead atoms. The molecule has 1 aliphatic rings. The van der Waals surface area contributed by atoms with Crippen molar-refractivity contribution < 1.29 is 14.8 Å². The van der Waals surface area contributed by atoms with Crippen molar-refractivity contribution in [3.8, 4) is 5.75 Å². The smallest absolute Gasteiger partial charge is 0.128 e. The highest BCUT2D eigenvalue weighted by atomic mass is 16.5. The van der Waals surface area contributed by atoms with E-state index in [1.54, 1.807) is 0 Å². The predicted molar refractivity (Wildman–Crippen MR) is 67.1 cm³/mol. The van der Waals surface area contributed by atoms with Crippen molar-refractivity contribution >= 4 is 0 Å². The summed E-state index contributed by atoms with van der Waals surface area (Å²) in [6.07, 6.45) is 2.88. The summed E-state index contributed by atoms with van der Waals surface area (Å²) in [6, 6.07) is 8.27. The zero-order valence-electron chi connectivity index (χ0n) is 10.5. The van der Waals surface area contributed by atoms with Crippen LogP contribution in [0.1, 0.15) is 25.3 Å². The number of hydrogen-bond donors (Lipinski definition) is 1. The van der Waals surface area contributed by atoms with Gasteiger partial charge in [-0.15, -0.1) is 0 Å². The van der Waals surface area contributed by atoms with Gasteiger partial charge in [-0.3, -0.25) is 0 Å². The highest BCUT2D eigenvalue weighted by molar-refractivity contribution is 5.32. The van der Waals surface area contributed by atoms with Gasteiger partial charge in [0.25, 0.3) is 0 Å². The third-order valence-electron chi connectivity index (χ3n) is 3.09. The lowest BCUT2D eigenvalue weighted by atomic mass is 10.2. The summed E-state index contributed by atoms with van der Waals surface area (Å²) in [5.74, 6) is 1.01. The van der Waals surface area contributed by atoms with E-state index < -0.39 is 0 Å². The molecule has 0 amide bonds. The summed E-state index contributed by atoms with van der Waals surface area (Å²) in [4.78, 5) is 0. The van der Waals surface area contributed by atoms with E-state index in [2.05, 4.69) is 17.4 Å². The van der Waals surface area contributed by atoms with Gasteiger partial charge in [-0.2, -0.15) is 0 Å². The number of nitrogens with two attached hydrogens (primary N) is 1. The molecule has 1 atom stereocenters. The van der Waals surface area contributed by atoms with Crippen LogP contribution in [-0.4, -0.2) is 25.9 Å². The molecule has 3 heteroatoms. The Morgan fingerprint density at radius 3 is 3.06 bits per heavy atom. The Labute approximate surface area is 103 Å². The lowest BCUT2D eigenvalue weighted by Crippen LogP contribution is -2.84. The molecule has 1 fully saturated rings. The van der Waals surface area contributed by atoms with Crippen molar-refractivity contribution in [2.24, 2.45) is 0 Å². The third kappa shape index (κ3) is 3.72. The first-order valence-corrected chi connectivity index (χ1v) is 6.54. The van der Waals surface area contributed by atoms with Crippen LogP contribution >= 0.6 is 0 Å². The maximum absolute atomic E-state index is 5.61. The second-order valence-electron chi connectivity index (χ2n) is 4.40. The van der Waals surface area contributed by atoms with Gasteiger partial charge in [0, 0.05) is 12.2 Å². The van der Waals surface area contributed by atoms with E-state index in [4.69, 9.17) is 9.47 Å². The summed E-state index contributed by atoms with van der Waals surface area (Å²) in [7, 11) is 0. The van der Waals surface area contributed by atoms with Gasteiger partial charge in [-0.05, 0) is 31.9 Å². The number of rotatable bonds is 6. The maximum atomic E-state index is 5.61. The standard InChI is InChI=1S/C14H21NO2/c1-2-16-14-8-4-3-6-12(14)10-15-11-13-7-5-9-17-13/h3-4,6,8,13,15H,2,5,7,9-11H2,1H3/p+1/t13-/m1/s1. The van der Waals surface area contributed by atoms with Crippen molar-refractivity contribution in [2.75, 3.05) is 19.8 Å².